The van der Waals surface area contributed by atoms with E-state index in [1.54, 1.807) is 6.07 Å². The molecule has 35 heavy (non-hydrogen) atoms. The Hall–Kier alpha value is -3.04. The number of amides is 2. The standard InChI is InChI=1S/C25H20BrClN2O6/c1-32-18-8-15(9-28-29-24(30)19-13-3-4-14(7-13)20(19)25(29)31)21(26)22(27)23(18)33-10-12-2-5-16-17(6-12)35-11-34-16/h2-6,8-9,13-14,19-20H,7,10-11H2,1H3/t13-,14-,19-,20+/m0/s1. The van der Waals surface area contributed by atoms with Crippen molar-refractivity contribution in [2.75, 3.05) is 13.9 Å². The van der Waals surface area contributed by atoms with Gasteiger partial charge in [0.05, 0.1) is 25.2 Å². The maximum Gasteiger partial charge on any atom is 0.254 e. The molecule has 180 valence electrons. The second kappa shape index (κ2) is 8.57. The number of imide groups is 1. The highest BCUT2D eigenvalue weighted by molar-refractivity contribution is 9.10. The fourth-order valence-electron chi connectivity index (χ4n) is 5.29. The van der Waals surface area contributed by atoms with Crippen molar-refractivity contribution in [3.05, 3.63) is 57.0 Å². The molecule has 1 saturated carbocycles. The van der Waals surface area contributed by atoms with E-state index in [1.165, 1.54) is 13.3 Å². The molecule has 2 heterocycles. The van der Waals surface area contributed by atoms with Crippen LogP contribution in [0.15, 0.2) is 46.0 Å². The van der Waals surface area contributed by atoms with Gasteiger partial charge in [-0.15, -0.1) is 0 Å². The summed E-state index contributed by atoms with van der Waals surface area (Å²) in [5, 5.41) is 5.52. The summed E-state index contributed by atoms with van der Waals surface area (Å²) in [6, 6.07) is 7.24. The Morgan fingerprint density at radius 1 is 1.14 bits per heavy atom. The first-order valence-electron chi connectivity index (χ1n) is 11.1. The molecule has 4 aliphatic rings. The first-order valence-corrected chi connectivity index (χ1v) is 12.3. The Morgan fingerprint density at radius 2 is 1.86 bits per heavy atom. The minimum absolute atomic E-state index is 0.129. The molecule has 8 nitrogen and oxygen atoms in total. The van der Waals surface area contributed by atoms with E-state index >= 15 is 0 Å². The zero-order valence-corrected chi connectivity index (χ0v) is 20.9. The van der Waals surface area contributed by atoms with Crippen LogP contribution in [0, 0.1) is 23.7 Å². The average Bonchev–Trinajstić information content (AvgIpc) is 3.64. The van der Waals surface area contributed by atoms with Crippen molar-refractivity contribution < 1.29 is 28.5 Å². The minimum atomic E-state index is -0.303. The molecule has 2 aromatic carbocycles. The lowest BCUT2D eigenvalue weighted by Crippen LogP contribution is -2.28. The Bertz CT molecular complexity index is 1280. The van der Waals surface area contributed by atoms with Crippen LogP contribution in [0.2, 0.25) is 5.02 Å². The van der Waals surface area contributed by atoms with Crippen molar-refractivity contribution in [2.45, 2.75) is 13.0 Å². The SMILES string of the molecule is COc1cc(C=NN2C(=O)[C@@H]3[C@H](C2=O)[C@H]2C=C[C@H]3C2)c(Br)c(Cl)c1OCc1ccc2c(c1)OCO2. The molecule has 0 radical (unpaired) electrons. The third-order valence-electron chi connectivity index (χ3n) is 6.96. The van der Waals surface area contributed by atoms with Gasteiger partial charge in [-0.2, -0.15) is 10.1 Å². The number of carbonyl (C=O) groups is 2. The Labute approximate surface area is 214 Å². The number of hydrogen-bond acceptors (Lipinski definition) is 7. The van der Waals surface area contributed by atoms with E-state index in [9.17, 15) is 9.59 Å². The van der Waals surface area contributed by atoms with Gasteiger partial charge < -0.3 is 18.9 Å². The van der Waals surface area contributed by atoms with Crippen molar-refractivity contribution in [1.82, 2.24) is 5.01 Å². The van der Waals surface area contributed by atoms with Crippen LogP contribution in [0.4, 0.5) is 0 Å². The number of halogens is 2. The van der Waals surface area contributed by atoms with E-state index in [4.69, 9.17) is 30.5 Å². The number of ether oxygens (including phenoxy) is 4. The zero-order chi connectivity index (χ0) is 24.3. The fraction of sp³-hybridized carbons (Fsp3) is 0.320. The molecule has 2 bridgehead atoms. The van der Waals surface area contributed by atoms with Gasteiger partial charge in [-0.1, -0.05) is 29.8 Å². The lowest BCUT2D eigenvalue weighted by atomic mass is 9.85. The maximum absolute atomic E-state index is 12.9. The Balaban J connectivity index is 1.22. The second-order valence-electron chi connectivity index (χ2n) is 8.83. The molecular formula is C25H20BrClN2O6. The van der Waals surface area contributed by atoms with Crippen LogP contribution in [-0.2, 0) is 16.2 Å². The smallest absolute Gasteiger partial charge is 0.254 e. The van der Waals surface area contributed by atoms with Crippen LogP contribution in [0.3, 0.4) is 0 Å². The molecule has 4 atom stereocenters. The monoisotopic (exact) mass is 558 g/mol. The van der Waals surface area contributed by atoms with Gasteiger partial charge in [-0.25, -0.2) is 0 Å². The first-order chi connectivity index (χ1) is 17.0. The predicted molar refractivity (Wildman–Crippen MR) is 130 cm³/mol. The van der Waals surface area contributed by atoms with Crippen molar-refractivity contribution in [1.29, 1.82) is 0 Å². The highest BCUT2D eigenvalue weighted by Crippen LogP contribution is 2.52. The Kier molecular flexibility index (Phi) is 5.49. The number of rotatable bonds is 6. The number of hydrazone groups is 1. The molecule has 1 saturated heterocycles. The number of fused-ring (bicyclic) bond motifs is 6. The number of carbonyl (C=O) groups excluding carboxylic acids is 2. The van der Waals surface area contributed by atoms with Crippen LogP contribution < -0.4 is 18.9 Å². The molecule has 2 fully saturated rings. The largest absolute Gasteiger partial charge is 0.493 e. The molecule has 0 unspecified atom stereocenters. The molecule has 0 aromatic heterocycles. The van der Waals surface area contributed by atoms with E-state index in [0.717, 1.165) is 17.0 Å². The molecular weight excluding hydrogens is 540 g/mol. The summed E-state index contributed by atoms with van der Waals surface area (Å²) in [7, 11) is 1.51. The van der Waals surface area contributed by atoms with Gasteiger partial charge in [-0.05, 0) is 57.9 Å². The highest BCUT2D eigenvalue weighted by Gasteiger charge is 2.59. The molecule has 0 N–H and O–H groups in total. The average molecular weight is 560 g/mol. The number of benzene rings is 2. The highest BCUT2D eigenvalue weighted by atomic mass is 79.9. The summed E-state index contributed by atoms with van der Waals surface area (Å²) < 4.78 is 22.7. The summed E-state index contributed by atoms with van der Waals surface area (Å²) in [6.45, 7) is 0.422. The van der Waals surface area contributed by atoms with Crippen LogP contribution in [0.5, 0.6) is 23.0 Å². The van der Waals surface area contributed by atoms with Gasteiger partial charge in [-0.3, -0.25) is 9.59 Å². The predicted octanol–water partition coefficient (Wildman–Crippen LogP) is 4.56. The number of allylic oxidation sites excluding steroid dienone is 2. The first kappa shape index (κ1) is 22.4. The van der Waals surface area contributed by atoms with Gasteiger partial charge in [0.2, 0.25) is 6.79 Å². The summed E-state index contributed by atoms with van der Waals surface area (Å²) in [4.78, 5) is 25.8. The van der Waals surface area contributed by atoms with Gasteiger partial charge in [0.25, 0.3) is 11.8 Å². The number of hydrogen-bond donors (Lipinski definition) is 0. The lowest BCUT2D eigenvalue weighted by Gasteiger charge is -2.16. The van der Waals surface area contributed by atoms with Crippen molar-refractivity contribution in [3.8, 4) is 23.0 Å². The van der Waals surface area contributed by atoms with Crippen LogP contribution >= 0.6 is 27.5 Å². The lowest BCUT2D eigenvalue weighted by molar-refractivity contribution is -0.140. The normalized spacial score (nSPS) is 25.7. The van der Waals surface area contributed by atoms with E-state index in [1.807, 2.05) is 30.4 Å². The van der Waals surface area contributed by atoms with E-state index in [2.05, 4.69) is 21.0 Å². The van der Waals surface area contributed by atoms with Crippen LogP contribution in [-0.4, -0.2) is 36.9 Å². The fourth-order valence-corrected chi connectivity index (χ4v) is 5.95. The molecule has 2 amide bonds. The third kappa shape index (κ3) is 3.60. The van der Waals surface area contributed by atoms with Crippen molar-refractivity contribution >= 4 is 45.6 Å². The van der Waals surface area contributed by atoms with Gasteiger partial charge in [0, 0.05) is 10.0 Å². The van der Waals surface area contributed by atoms with E-state index < -0.39 is 0 Å². The molecule has 2 aliphatic carbocycles. The van der Waals surface area contributed by atoms with Gasteiger partial charge in [0.1, 0.15) is 11.6 Å². The van der Waals surface area contributed by atoms with Gasteiger partial charge >= 0.3 is 0 Å². The molecule has 6 rings (SSSR count). The Morgan fingerprint density at radius 3 is 2.57 bits per heavy atom. The number of methoxy groups -OCH3 is 1. The molecule has 0 spiro atoms. The maximum atomic E-state index is 12.9. The molecule has 10 heteroatoms. The summed E-state index contributed by atoms with van der Waals surface area (Å²) in [6.07, 6.45) is 6.41. The summed E-state index contributed by atoms with van der Waals surface area (Å²) in [5.41, 5.74) is 1.41. The quantitative estimate of drug-likeness (QED) is 0.293. The van der Waals surface area contributed by atoms with E-state index in [0.29, 0.717) is 33.0 Å². The van der Waals surface area contributed by atoms with Gasteiger partial charge in [0.15, 0.2) is 23.0 Å². The summed E-state index contributed by atoms with van der Waals surface area (Å²) in [5.74, 6) is 1.26. The van der Waals surface area contributed by atoms with Crippen molar-refractivity contribution in [2.24, 2.45) is 28.8 Å². The summed E-state index contributed by atoms with van der Waals surface area (Å²) >= 11 is 10.1. The minimum Gasteiger partial charge on any atom is -0.493 e. The zero-order valence-electron chi connectivity index (χ0n) is 18.6. The number of nitrogens with zero attached hydrogens (tertiary/aromatic N) is 2. The topological polar surface area (TPSA) is 86.7 Å². The third-order valence-corrected chi connectivity index (χ3v) is 8.40. The second-order valence-corrected chi connectivity index (χ2v) is 10.0. The van der Waals surface area contributed by atoms with Crippen molar-refractivity contribution in [3.63, 3.8) is 0 Å². The van der Waals surface area contributed by atoms with E-state index in [-0.39, 0.29) is 53.9 Å². The van der Waals surface area contributed by atoms with Crippen LogP contribution in [0.1, 0.15) is 17.5 Å². The molecule has 2 aromatic rings. The van der Waals surface area contributed by atoms with Crippen LogP contribution in [0.25, 0.3) is 0 Å². The molecule has 2 aliphatic heterocycles.